The summed E-state index contributed by atoms with van der Waals surface area (Å²) in [5.74, 6) is 0.161. The minimum absolute atomic E-state index is 0.124. The fourth-order valence-corrected chi connectivity index (χ4v) is 5.20. The Hall–Kier alpha value is -2.91. The zero-order valence-electron chi connectivity index (χ0n) is 18.3. The van der Waals surface area contributed by atoms with E-state index < -0.39 is 10.0 Å². The second kappa shape index (κ2) is 10.6. The number of methoxy groups -OCH3 is 1. The van der Waals surface area contributed by atoms with Gasteiger partial charge in [0.2, 0.25) is 10.0 Å². The van der Waals surface area contributed by atoms with E-state index in [2.05, 4.69) is 10.6 Å². The fourth-order valence-electron chi connectivity index (χ4n) is 3.66. The van der Waals surface area contributed by atoms with Gasteiger partial charge in [-0.1, -0.05) is 19.1 Å². The molecule has 2 aromatic carbocycles. The van der Waals surface area contributed by atoms with E-state index >= 15 is 0 Å². The monoisotopic (exact) mass is 459 g/mol. The molecular formula is C23H29N3O5S. The van der Waals surface area contributed by atoms with E-state index in [9.17, 15) is 18.0 Å². The van der Waals surface area contributed by atoms with Gasteiger partial charge in [-0.3, -0.25) is 9.59 Å². The van der Waals surface area contributed by atoms with Crippen molar-refractivity contribution in [2.24, 2.45) is 0 Å². The predicted molar refractivity (Wildman–Crippen MR) is 124 cm³/mol. The summed E-state index contributed by atoms with van der Waals surface area (Å²) >= 11 is 0. The molecule has 2 aromatic rings. The van der Waals surface area contributed by atoms with Gasteiger partial charge < -0.3 is 15.4 Å². The third kappa shape index (κ3) is 5.86. The molecular weight excluding hydrogens is 430 g/mol. The molecule has 0 unspecified atom stereocenters. The third-order valence-corrected chi connectivity index (χ3v) is 7.49. The zero-order valence-corrected chi connectivity index (χ0v) is 19.2. The van der Waals surface area contributed by atoms with Crippen LogP contribution in [0.3, 0.4) is 0 Å². The maximum atomic E-state index is 12.9. The highest BCUT2D eigenvalue weighted by molar-refractivity contribution is 7.89. The summed E-state index contributed by atoms with van der Waals surface area (Å²) in [6, 6.07) is 13.4. The number of hydrogen-bond donors (Lipinski definition) is 2. The van der Waals surface area contributed by atoms with Crippen LogP contribution >= 0.6 is 0 Å². The molecule has 9 heteroatoms. The van der Waals surface area contributed by atoms with Crippen molar-refractivity contribution in [3.63, 3.8) is 0 Å². The summed E-state index contributed by atoms with van der Waals surface area (Å²) < 4.78 is 31.1. The van der Waals surface area contributed by atoms with E-state index in [1.54, 1.807) is 55.6 Å². The van der Waals surface area contributed by atoms with Gasteiger partial charge in [0.1, 0.15) is 5.75 Å². The number of sulfonamides is 1. The van der Waals surface area contributed by atoms with Crippen molar-refractivity contribution < 1.29 is 22.7 Å². The number of amides is 2. The average molecular weight is 460 g/mol. The fraction of sp³-hybridized carbons (Fsp3) is 0.391. The average Bonchev–Trinajstić information content (AvgIpc) is 2.79. The van der Waals surface area contributed by atoms with Gasteiger partial charge in [0.25, 0.3) is 11.8 Å². The van der Waals surface area contributed by atoms with Crippen LogP contribution in [0.15, 0.2) is 48.5 Å². The summed E-state index contributed by atoms with van der Waals surface area (Å²) in [6.07, 6.45) is 1.68. The van der Waals surface area contributed by atoms with Gasteiger partial charge in [-0.05, 0) is 55.7 Å². The molecule has 0 radical (unpaired) electrons. The third-order valence-electron chi connectivity index (χ3n) is 5.42. The first-order valence-corrected chi connectivity index (χ1v) is 12.3. The minimum atomic E-state index is -3.22. The molecule has 1 heterocycles. The van der Waals surface area contributed by atoms with Crippen molar-refractivity contribution in [3.8, 4) is 5.75 Å². The van der Waals surface area contributed by atoms with Crippen molar-refractivity contribution in [3.05, 3.63) is 59.7 Å². The molecule has 0 atom stereocenters. The maximum absolute atomic E-state index is 12.9. The van der Waals surface area contributed by atoms with Gasteiger partial charge >= 0.3 is 0 Å². The summed E-state index contributed by atoms with van der Waals surface area (Å²) in [7, 11) is -1.67. The first-order valence-electron chi connectivity index (χ1n) is 10.7. The molecule has 172 valence electrons. The molecule has 0 aromatic heterocycles. The normalized spacial score (nSPS) is 15.2. The lowest BCUT2D eigenvalue weighted by molar-refractivity contribution is 0.0924. The summed E-state index contributed by atoms with van der Waals surface area (Å²) in [5, 5.41) is 5.77. The van der Waals surface area contributed by atoms with E-state index in [1.165, 1.54) is 4.31 Å². The Labute approximate surface area is 189 Å². The molecule has 2 amide bonds. The molecule has 0 bridgehead atoms. The minimum Gasteiger partial charge on any atom is -0.497 e. The van der Waals surface area contributed by atoms with E-state index in [1.807, 2.05) is 6.92 Å². The Morgan fingerprint density at radius 1 is 1.03 bits per heavy atom. The molecule has 1 aliphatic rings. The van der Waals surface area contributed by atoms with Crippen molar-refractivity contribution in [1.29, 1.82) is 0 Å². The van der Waals surface area contributed by atoms with Crippen LogP contribution in [0.5, 0.6) is 5.75 Å². The lowest BCUT2D eigenvalue weighted by atomic mass is 10.1. The molecule has 0 saturated carbocycles. The molecule has 8 nitrogen and oxygen atoms in total. The van der Waals surface area contributed by atoms with Crippen LogP contribution < -0.4 is 15.4 Å². The van der Waals surface area contributed by atoms with Crippen LogP contribution in [0.2, 0.25) is 0 Å². The number of nitrogens with zero attached hydrogens (tertiary/aromatic N) is 1. The lowest BCUT2D eigenvalue weighted by Crippen LogP contribution is -2.47. The van der Waals surface area contributed by atoms with Gasteiger partial charge in [-0.2, -0.15) is 0 Å². The second-order valence-corrected chi connectivity index (χ2v) is 9.78. The van der Waals surface area contributed by atoms with Gasteiger partial charge in [0, 0.05) is 24.7 Å². The first-order chi connectivity index (χ1) is 15.3. The molecule has 3 rings (SSSR count). The number of ether oxygens (including phenoxy) is 1. The Morgan fingerprint density at radius 2 is 1.69 bits per heavy atom. The smallest absolute Gasteiger partial charge is 0.255 e. The van der Waals surface area contributed by atoms with Crippen LogP contribution in [0.4, 0.5) is 5.69 Å². The van der Waals surface area contributed by atoms with Crippen molar-refractivity contribution >= 4 is 27.5 Å². The Balaban J connectivity index is 1.62. The van der Waals surface area contributed by atoms with E-state index in [-0.39, 0.29) is 23.6 Å². The number of benzene rings is 2. The van der Waals surface area contributed by atoms with Gasteiger partial charge in [-0.15, -0.1) is 0 Å². The standard InChI is InChI=1S/C23H29N3O5S/c1-3-16-32(29,30)26-14-12-18(13-15-26)24-23(28)20-6-4-5-7-21(20)25-22(27)17-8-10-19(31-2)11-9-17/h4-11,18H,3,12-16H2,1-2H3,(H,24,28)(H,25,27). The lowest BCUT2D eigenvalue weighted by Gasteiger charge is -2.31. The van der Waals surface area contributed by atoms with Crippen LogP contribution in [0.1, 0.15) is 46.9 Å². The number of anilines is 1. The molecule has 1 saturated heterocycles. The molecule has 0 spiro atoms. The highest BCUT2D eigenvalue weighted by atomic mass is 32.2. The highest BCUT2D eigenvalue weighted by Crippen LogP contribution is 2.20. The van der Waals surface area contributed by atoms with Gasteiger partial charge in [0.15, 0.2) is 0 Å². The van der Waals surface area contributed by atoms with Crippen LogP contribution in [0.25, 0.3) is 0 Å². The Bertz CT molecular complexity index is 1050. The molecule has 2 N–H and O–H groups in total. The molecule has 1 aliphatic heterocycles. The number of piperidine rings is 1. The van der Waals surface area contributed by atoms with Gasteiger partial charge in [-0.25, -0.2) is 12.7 Å². The topological polar surface area (TPSA) is 105 Å². The number of carbonyl (C=O) groups is 2. The van der Waals surface area contributed by atoms with Crippen LogP contribution in [-0.4, -0.2) is 56.5 Å². The predicted octanol–water partition coefficient (Wildman–Crippen LogP) is 2.88. The van der Waals surface area contributed by atoms with Crippen molar-refractivity contribution in [2.45, 2.75) is 32.2 Å². The number of para-hydroxylation sites is 1. The Morgan fingerprint density at radius 3 is 2.31 bits per heavy atom. The zero-order chi connectivity index (χ0) is 23.1. The number of hydrogen-bond acceptors (Lipinski definition) is 5. The van der Waals surface area contributed by atoms with Crippen molar-refractivity contribution in [2.75, 3.05) is 31.3 Å². The maximum Gasteiger partial charge on any atom is 0.255 e. The molecule has 1 fully saturated rings. The SMILES string of the molecule is CCCS(=O)(=O)N1CCC(NC(=O)c2ccccc2NC(=O)c2ccc(OC)cc2)CC1. The largest absolute Gasteiger partial charge is 0.497 e. The van der Waals surface area contributed by atoms with E-state index in [0.29, 0.717) is 54.9 Å². The van der Waals surface area contributed by atoms with Crippen LogP contribution in [0, 0.1) is 0 Å². The van der Waals surface area contributed by atoms with E-state index in [0.717, 1.165) is 0 Å². The highest BCUT2D eigenvalue weighted by Gasteiger charge is 2.28. The number of carbonyl (C=O) groups excluding carboxylic acids is 2. The number of rotatable bonds is 8. The summed E-state index contributed by atoms with van der Waals surface area (Å²) in [6.45, 7) is 2.63. The number of nitrogens with one attached hydrogen (secondary N) is 2. The second-order valence-electron chi connectivity index (χ2n) is 7.69. The summed E-state index contributed by atoms with van der Waals surface area (Å²) in [4.78, 5) is 25.5. The Kier molecular flexibility index (Phi) is 7.87. The van der Waals surface area contributed by atoms with Crippen molar-refractivity contribution in [1.82, 2.24) is 9.62 Å². The molecule has 0 aliphatic carbocycles. The van der Waals surface area contributed by atoms with Crippen LogP contribution in [-0.2, 0) is 10.0 Å². The first kappa shape index (κ1) is 23.7. The van der Waals surface area contributed by atoms with E-state index in [4.69, 9.17) is 4.74 Å². The quantitative estimate of drug-likeness (QED) is 0.632. The molecule has 32 heavy (non-hydrogen) atoms. The van der Waals surface area contributed by atoms with Gasteiger partial charge in [0.05, 0.1) is 24.1 Å². The summed E-state index contributed by atoms with van der Waals surface area (Å²) in [5.41, 5.74) is 1.21.